The van der Waals surface area contributed by atoms with Crippen LogP contribution in [-0.4, -0.2) is 16.7 Å². The molecule has 39 heavy (non-hydrogen) atoms. The third-order valence-corrected chi connectivity index (χ3v) is 7.94. The largest absolute Gasteiger partial charge is 0.497 e. The summed E-state index contributed by atoms with van der Waals surface area (Å²) in [4.78, 5) is 5.11. The number of hydrogen-bond acceptors (Lipinski definition) is 2. The summed E-state index contributed by atoms with van der Waals surface area (Å²) in [5.41, 5.74) is 11.8. The SMILES string of the molecule is COc1ccc2c3ccccc3n(-c3cc4c(cn3)-c3ccccc3-c3ccccc3-c3ccccc3-4)c2c1. The van der Waals surface area contributed by atoms with Crippen LogP contribution >= 0.6 is 0 Å². The summed E-state index contributed by atoms with van der Waals surface area (Å²) >= 11 is 0. The Hall–Kier alpha value is -5.15. The van der Waals surface area contributed by atoms with Crippen LogP contribution in [0.25, 0.3) is 72.1 Å². The third kappa shape index (κ3) is 3.20. The van der Waals surface area contributed by atoms with Gasteiger partial charge in [-0.1, -0.05) is 91.0 Å². The molecular weight excluding hydrogens is 476 g/mol. The molecule has 7 aromatic rings. The first-order chi connectivity index (χ1) is 19.3. The molecule has 0 amide bonds. The molecule has 3 nitrogen and oxygen atoms in total. The van der Waals surface area contributed by atoms with Gasteiger partial charge < -0.3 is 4.74 Å². The van der Waals surface area contributed by atoms with Crippen LogP contribution in [0.15, 0.2) is 128 Å². The van der Waals surface area contributed by atoms with Crippen LogP contribution in [0.3, 0.4) is 0 Å². The first-order valence-corrected chi connectivity index (χ1v) is 13.2. The van der Waals surface area contributed by atoms with Crippen molar-refractivity contribution in [3.05, 3.63) is 128 Å². The van der Waals surface area contributed by atoms with Gasteiger partial charge in [0.15, 0.2) is 0 Å². The van der Waals surface area contributed by atoms with Crippen LogP contribution in [0.5, 0.6) is 5.75 Å². The summed E-state index contributed by atoms with van der Waals surface area (Å²) in [5, 5.41) is 2.38. The van der Waals surface area contributed by atoms with E-state index in [4.69, 9.17) is 9.72 Å². The highest BCUT2D eigenvalue weighted by Crippen LogP contribution is 2.47. The fourth-order valence-electron chi connectivity index (χ4n) is 6.19. The van der Waals surface area contributed by atoms with Crippen molar-refractivity contribution < 1.29 is 4.74 Å². The van der Waals surface area contributed by atoms with E-state index >= 15 is 0 Å². The molecule has 1 aliphatic carbocycles. The van der Waals surface area contributed by atoms with Crippen LogP contribution < -0.4 is 4.74 Å². The highest BCUT2D eigenvalue weighted by Gasteiger charge is 2.23. The van der Waals surface area contributed by atoms with E-state index in [2.05, 4.69) is 126 Å². The standard InChI is InChI=1S/C36H24N2O/c1-39-23-18-19-31-30-16-8-9-17-34(30)38(35(31)20-23)36-21-32-28-14-6-4-12-26(28)24-10-2-3-11-25(24)27-13-5-7-15-29(27)33(32)22-37-36/h2-22H,1H3. The molecule has 0 atom stereocenters. The second kappa shape index (κ2) is 8.44. The second-order valence-electron chi connectivity index (χ2n) is 9.96. The van der Waals surface area contributed by atoms with Crippen molar-refractivity contribution >= 4 is 21.8 Å². The first-order valence-electron chi connectivity index (χ1n) is 13.2. The predicted octanol–water partition coefficient (Wildman–Crippen LogP) is 9.17. The summed E-state index contributed by atoms with van der Waals surface area (Å²) in [6.07, 6.45) is 2.05. The average molecular weight is 501 g/mol. The molecule has 0 aliphatic heterocycles. The van der Waals surface area contributed by atoms with Gasteiger partial charge in [0.1, 0.15) is 11.6 Å². The van der Waals surface area contributed by atoms with Gasteiger partial charge in [0.2, 0.25) is 0 Å². The van der Waals surface area contributed by atoms with Crippen molar-refractivity contribution in [1.82, 2.24) is 9.55 Å². The number of rotatable bonds is 2. The molecule has 0 saturated carbocycles. The predicted molar refractivity (Wildman–Crippen MR) is 160 cm³/mol. The molecule has 2 aromatic heterocycles. The molecule has 0 fully saturated rings. The zero-order valence-corrected chi connectivity index (χ0v) is 21.4. The maximum absolute atomic E-state index is 5.62. The van der Waals surface area contributed by atoms with Gasteiger partial charge in [-0.2, -0.15) is 0 Å². The van der Waals surface area contributed by atoms with E-state index < -0.39 is 0 Å². The number of fused-ring (bicyclic) bond motifs is 11. The number of nitrogens with zero attached hydrogens (tertiary/aromatic N) is 2. The van der Waals surface area contributed by atoms with E-state index in [1.807, 2.05) is 6.07 Å². The summed E-state index contributed by atoms with van der Waals surface area (Å²) < 4.78 is 7.87. The van der Waals surface area contributed by atoms with Gasteiger partial charge in [-0.3, -0.25) is 4.57 Å². The van der Waals surface area contributed by atoms with Crippen LogP contribution in [0.1, 0.15) is 0 Å². The molecule has 0 radical (unpaired) electrons. The van der Waals surface area contributed by atoms with Gasteiger partial charge in [-0.05, 0) is 63.2 Å². The summed E-state index contributed by atoms with van der Waals surface area (Å²) in [6.45, 7) is 0. The van der Waals surface area contributed by atoms with Crippen molar-refractivity contribution in [3.8, 4) is 56.1 Å². The van der Waals surface area contributed by atoms with Crippen molar-refractivity contribution in [2.75, 3.05) is 7.11 Å². The van der Waals surface area contributed by atoms with Crippen LogP contribution in [0.2, 0.25) is 0 Å². The molecular formula is C36H24N2O. The topological polar surface area (TPSA) is 27.1 Å². The van der Waals surface area contributed by atoms with E-state index in [-0.39, 0.29) is 0 Å². The lowest BCUT2D eigenvalue weighted by molar-refractivity contribution is 0.415. The lowest BCUT2D eigenvalue weighted by Gasteiger charge is -2.23. The van der Waals surface area contributed by atoms with E-state index in [0.29, 0.717) is 0 Å². The average Bonchev–Trinajstić information content (AvgIpc) is 3.34. The Balaban J connectivity index is 1.48. The summed E-state index contributed by atoms with van der Waals surface area (Å²) in [7, 11) is 1.71. The van der Waals surface area contributed by atoms with Crippen molar-refractivity contribution in [1.29, 1.82) is 0 Å². The van der Waals surface area contributed by atoms with Crippen LogP contribution in [0.4, 0.5) is 0 Å². The van der Waals surface area contributed by atoms with E-state index in [1.165, 1.54) is 49.7 Å². The third-order valence-electron chi connectivity index (χ3n) is 7.94. The number of benzene rings is 5. The van der Waals surface area contributed by atoms with Gasteiger partial charge >= 0.3 is 0 Å². The molecule has 0 unspecified atom stereocenters. The van der Waals surface area contributed by atoms with Gasteiger partial charge in [0.25, 0.3) is 0 Å². The molecule has 0 bridgehead atoms. The molecule has 0 N–H and O–H groups in total. The quantitative estimate of drug-likeness (QED) is 0.237. The summed E-state index contributed by atoms with van der Waals surface area (Å²) in [6, 6.07) is 43.2. The number of aromatic nitrogens is 2. The molecule has 3 heteroatoms. The normalized spacial score (nSPS) is 11.7. The van der Waals surface area contributed by atoms with E-state index in [0.717, 1.165) is 28.2 Å². The van der Waals surface area contributed by atoms with E-state index in [1.54, 1.807) is 7.11 Å². The molecule has 184 valence electrons. The molecule has 0 spiro atoms. The van der Waals surface area contributed by atoms with Crippen molar-refractivity contribution in [2.45, 2.75) is 0 Å². The minimum Gasteiger partial charge on any atom is -0.497 e. The molecule has 2 heterocycles. The Bertz CT molecular complexity index is 2060. The smallest absolute Gasteiger partial charge is 0.138 e. The Morgan fingerprint density at radius 1 is 0.487 bits per heavy atom. The van der Waals surface area contributed by atoms with Gasteiger partial charge in [0.05, 0.1) is 18.1 Å². The molecule has 1 aliphatic rings. The molecule has 0 saturated heterocycles. The monoisotopic (exact) mass is 500 g/mol. The molecule has 8 rings (SSSR count). The van der Waals surface area contributed by atoms with Crippen molar-refractivity contribution in [3.63, 3.8) is 0 Å². The van der Waals surface area contributed by atoms with Crippen LogP contribution in [0, 0.1) is 0 Å². The minimum atomic E-state index is 0.827. The number of ether oxygens (including phenoxy) is 1. The lowest BCUT2D eigenvalue weighted by Crippen LogP contribution is -2.02. The maximum Gasteiger partial charge on any atom is 0.138 e. The number of methoxy groups -OCH3 is 1. The van der Waals surface area contributed by atoms with Gasteiger partial charge in [0, 0.05) is 28.6 Å². The number of para-hydroxylation sites is 1. The Morgan fingerprint density at radius 3 is 1.62 bits per heavy atom. The fraction of sp³-hybridized carbons (Fsp3) is 0.0278. The fourth-order valence-corrected chi connectivity index (χ4v) is 6.19. The maximum atomic E-state index is 5.62. The van der Waals surface area contributed by atoms with Crippen LogP contribution in [-0.2, 0) is 0 Å². The number of hydrogen-bond donors (Lipinski definition) is 0. The lowest BCUT2D eigenvalue weighted by atomic mass is 9.81. The zero-order chi connectivity index (χ0) is 25.9. The van der Waals surface area contributed by atoms with Crippen molar-refractivity contribution in [2.24, 2.45) is 0 Å². The molecule has 5 aromatic carbocycles. The highest BCUT2D eigenvalue weighted by molar-refractivity contribution is 6.10. The highest BCUT2D eigenvalue weighted by atomic mass is 16.5. The van der Waals surface area contributed by atoms with E-state index in [9.17, 15) is 0 Å². The zero-order valence-electron chi connectivity index (χ0n) is 21.4. The summed E-state index contributed by atoms with van der Waals surface area (Å²) in [5.74, 6) is 1.71. The second-order valence-corrected chi connectivity index (χ2v) is 9.96. The number of pyridine rings is 1. The first kappa shape index (κ1) is 21.9. The van der Waals surface area contributed by atoms with Gasteiger partial charge in [-0.25, -0.2) is 4.98 Å². The van der Waals surface area contributed by atoms with Gasteiger partial charge in [-0.15, -0.1) is 0 Å². The Morgan fingerprint density at radius 2 is 1.00 bits per heavy atom. The Kier molecular flexibility index (Phi) is 4.74. The Labute approximate surface area is 226 Å². The minimum absolute atomic E-state index is 0.827.